The fourth-order valence-corrected chi connectivity index (χ4v) is 3.30. The highest BCUT2D eigenvalue weighted by Gasteiger charge is 2.20. The van der Waals surface area contributed by atoms with Crippen LogP contribution in [-0.4, -0.2) is 18.2 Å². The number of hydrogen-bond donors (Lipinski definition) is 1. The summed E-state index contributed by atoms with van der Waals surface area (Å²) < 4.78 is 26.4. The number of aromatic nitrogens is 1. The van der Waals surface area contributed by atoms with Gasteiger partial charge in [0.05, 0.1) is 11.0 Å². The molecule has 0 fully saturated rings. The molecule has 0 saturated heterocycles. The molecule has 110 valence electrons. The van der Waals surface area contributed by atoms with Crippen LogP contribution in [0.2, 0.25) is 0 Å². The zero-order chi connectivity index (χ0) is 14.9. The number of hydrogen-bond acceptors (Lipinski definition) is 3. The Balaban J connectivity index is 2.55. The molecule has 0 atom stereocenters. The average Bonchev–Trinajstić information content (AvgIpc) is 2.75. The summed E-state index contributed by atoms with van der Waals surface area (Å²) in [4.78, 5) is 0. The Hall–Kier alpha value is -1.33. The van der Waals surface area contributed by atoms with E-state index in [1.165, 1.54) is 0 Å². The third-order valence-electron chi connectivity index (χ3n) is 3.68. The van der Waals surface area contributed by atoms with Crippen LogP contribution < -0.4 is 5.73 Å². The summed E-state index contributed by atoms with van der Waals surface area (Å²) in [6, 6.07) is 5.99. The van der Waals surface area contributed by atoms with Crippen LogP contribution in [0.15, 0.2) is 24.4 Å². The van der Waals surface area contributed by atoms with Crippen molar-refractivity contribution in [2.75, 3.05) is 0 Å². The lowest BCUT2D eigenvalue weighted by atomic mass is 10.1. The van der Waals surface area contributed by atoms with Crippen LogP contribution in [0.4, 0.5) is 0 Å². The van der Waals surface area contributed by atoms with E-state index in [4.69, 9.17) is 5.73 Å². The number of nitrogens with zero attached hydrogens (tertiary/aromatic N) is 1. The normalized spacial score (nSPS) is 12.4. The monoisotopic (exact) mass is 294 g/mol. The van der Waals surface area contributed by atoms with Gasteiger partial charge in [0, 0.05) is 30.2 Å². The van der Waals surface area contributed by atoms with E-state index < -0.39 is 9.84 Å². The van der Waals surface area contributed by atoms with Gasteiger partial charge >= 0.3 is 0 Å². The fourth-order valence-electron chi connectivity index (χ4n) is 2.30. The van der Waals surface area contributed by atoms with Crippen LogP contribution in [0.3, 0.4) is 0 Å². The van der Waals surface area contributed by atoms with Crippen molar-refractivity contribution in [1.82, 2.24) is 4.57 Å². The molecule has 0 aliphatic heterocycles. The molecule has 0 saturated carbocycles. The van der Waals surface area contributed by atoms with Gasteiger partial charge in [-0.2, -0.15) is 0 Å². The van der Waals surface area contributed by atoms with Crippen molar-refractivity contribution in [3.8, 4) is 0 Å². The van der Waals surface area contributed by atoms with Gasteiger partial charge in [-0.1, -0.05) is 12.1 Å². The molecule has 0 spiro atoms. The molecule has 0 bridgehead atoms. The molecule has 1 aromatic heterocycles. The van der Waals surface area contributed by atoms with Crippen LogP contribution in [0.25, 0.3) is 10.9 Å². The summed E-state index contributed by atoms with van der Waals surface area (Å²) in [5.41, 5.74) is 8.67. The van der Waals surface area contributed by atoms with Crippen molar-refractivity contribution >= 4 is 20.7 Å². The predicted molar refractivity (Wildman–Crippen MR) is 83.3 cm³/mol. The Morgan fingerprint density at radius 1 is 1.30 bits per heavy atom. The van der Waals surface area contributed by atoms with Gasteiger partial charge in [0.2, 0.25) is 0 Å². The van der Waals surface area contributed by atoms with Gasteiger partial charge in [-0.3, -0.25) is 0 Å². The molecule has 0 aliphatic carbocycles. The molecule has 20 heavy (non-hydrogen) atoms. The SMILES string of the molecule is CCn1cc(CS(=O)(=O)C(C)C)c2ccc(CN)cc21. The first kappa shape index (κ1) is 15.1. The maximum Gasteiger partial charge on any atom is 0.156 e. The van der Waals surface area contributed by atoms with Crippen LogP contribution in [0, 0.1) is 0 Å². The van der Waals surface area contributed by atoms with Gasteiger partial charge in [-0.25, -0.2) is 8.42 Å². The molecule has 2 aromatic rings. The second-order valence-corrected chi connectivity index (χ2v) is 7.91. The third-order valence-corrected chi connectivity index (χ3v) is 5.83. The van der Waals surface area contributed by atoms with Gasteiger partial charge in [0.15, 0.2) is 9.84 Å². The van der Waals surface area contributed by atoms with Crippen molar-refractivity contribution in [3.05, 3.63) is 35.5 Å². The zero-order valence-corrected chi connectivity index (χ0v) is 13.1. The van der Waals surface area contributed by atoms with Gasteiger partial charge in [0.1, 0.15) is 0 Å². The highest BCUT2D eigenvalue weighted by atomic mass is 32.2. The number of sulfone groups is 1. The van der Waals surface area contributed by atoms with E-state index in [1.54, 1.807) is 13.8 Å². The van der Waals surface area contributed by atoms with Crippen molar-refractivity contribution in [2.24, 2.45) is 5.73 Å². The summed E-state index contributed by atoms with van der Waals surface area (Å²) in [5.74, 6) is 0.0934. The lowest BCUT2D eigenvalue weighted by Gasteiger charge is -2.06. The quantitative estimate of drug-likeness (QED) is 0.921. The molecule has 2 rings (SSSR count). The first-order valence-electron chi connectivity index (χ1n) is 6.91. The van der Waals surface area contributed by atoms with Crippen molar-refractivity contribution in [1.29, 1.82) is 0 Å². The van der Waals surface area contributed by atoms with E-state index in [9.17, 15) is 8.42 Å². The predicted octanol–water partition coefficient (Wildman–Crippen LogP) is 2.44. The number of nitrogens with two attached hydrogens (primary N) is 1. The second-order valence-electron chi connectivity index (χ2n) is 5.35. The Labute approximate surface area is 120 Å². The molecule has 1 heterocycles. The lowest BCUT2D eigenvalue weighted by molar-refractivity contribution is 0.586. The number of fused-ring (bicyclic) bond motifs is 1. The van der Waals surface area contributed by atoms with Crippen molar-refractivity contribution in [3.63, 3.8) is 0 Å². The molecular weight excluding hydrogens is 272 g/mol. The maximum atomic E-state index is 12.1. The van der Waals surface area contributed by atoms with E-state index in [2.05, 4.69) is 11.5 Å². The molecule has 0 radical (unpaired) electrons. The van der Waals surface area contributed by atoms with Gasteiger partial charge < -0.3 is 10.3 Å². The minimum Gasteiger partial charge on any atom is -0.347 e. The van der Waals surface area contributed by atoms with Crippen LogP contribution in [-0.2, 0) is 28.7 Å². The molecule has 0 unspecified atom stereocenters. The molecule has 0 amide bonds. The van der Waals surface area contributed by atoms with Crippen LogP contribution >= 0.6 is 0 Å². The zero-order valence-electron chi connectivity index (χ0n) is 12.3. The highest BCUT2D eigenvalue weighted by Crippen LogP contribution is 2.25. The molecule has 1 aromatic carbocycles. The number of benzene rings is 1. The molecule has 5 heteroatoms. The standard InChI is InChI=1S/C15H22N2O2S/c1-4-17-9-13(10-20(18,19)11(2)3)14-6-5-12(8-16)7-15(14)17/h5-7,9,11H,4,8,10,16H2,1-3H3. The van der Waals surface area contributed by atoms with E-state index in [1.807, 2.05) is 24.4 Å². The first-order chi connectivity index (χ1) is 9.39. The third kappa shape index (κ3) is 2.74. The van der Waals surface area contributed by atoms with Crippen molar-refractivity contribution < 1.29 is 8.42 Å². The molecule has 2 N–H and O–H groups in total. The Bertz CT molecular complexity index is 715. The summed E-state index contributed by atoms with van der Waals surface area (Å²) in [6.45, 7) is 6.80. The van der Waals surface area contributed by atoms with E-state index in [0.29, 0.717) is 6.54 Å². The fraction of sp³-hybridized carbons (Fsp3) is 0.467. The minimum atomic E-state index is -3.09. The van der Waals surface area contributed by atoms with Crippen LogP contribution in [0.1, 0.15) is 31.9 Å². The highest BCUT2D eigenvalue weighted by molar-refractivity contribution is 7.91. The Morgan fingerprint density at radius 2 is 2.00 bits per heavy atom. The summed E-state index contributed by atoms with van der Waals surface area (Å²) >= 11 is 0. The van der Waals surface area contributed by atoms with Crippen LogP contribution in [0.5, 0.6) is 0 Å². The van der Waals surface area contributed by atoms with E-state index >= 15 is 0 Å². The summed E-state index contributed by atoms with van der Waals surface area (Å²) in [7, 11) is -3.09. The minimum absolute atomic E-state index is 0.0934. The van der Waals surface area contributed by atoms with Gasteiger partial charge in [-0.05, 0) is 38.0 Å². The Morgan fingerprint density at radius 3 is 2.55 bits per heavy atom. The smallest absolute Gasteiger partial charge is 0.156 e. The van der Waals surface area contributed by atoms with Crippen molar-refractivity contribution in [2.45, 2.75) is 44.9 Å². The molecule has 4 nitrogen and oxygen atoms in total. The van der Waals surface area contributed by atoms with Gasteiger partial charge in [-0.15, -0.1) is 0 Å². The van der Waals surface area contributed by atoms with E-state index in [0.717, 1.165) is 28.6 Å². The Kier molecular flexibility index (Phi) is 4.20. The second kappa shape index (κ2) is 5.58. The van der Waals surface area contributed by atoms with E-state index in [-0.39, 0.29) is 11.0 Å². The summed E-state index contributed by atoms with van der Waals surface area (Å²) in [6.07, 6.45) is 1.95. The topological polar surface area (TPSA) is 65.1 Å². The summed E-state index contributed by atoms with van der Waals surface area (Å²) in [5, 5.41) is 0.652. The largest absolute Gasteiger partial charge is 0.347 e. The van der Waals surface area contributed by atoms with Gasteiger partial charge in [0.25, 0.3) is 0 Å². The number of rotatable bonds is 5. The molecule has 0 aliphatic rings. The lowest BCUT2D eigenvalue weighted by Crippen LogP contribution is -2.15. The molecular formula is C15H22N2O2S. The number of aryl methyl sites for hydroxylation is 1. The average molecular weight is 294 g/mol. The first-order valence-corrected chi connectivity index (χ1v) is 8.63. The maximum absolute atomic E-state index is 12.1.